The molecule has 1 aliphatic heterocycles. The minimum atomic E-state index is 0.596. The van der Waals surface area contributed by atoms with Crippen molar-refractivity contribution >= 4 is 0 Å². The molecule has 23 heavy (non-hydrogen) atoms. The Morgan fingerprint density at radius 2 is 2.17 bits per heavy atom. The van der Waals surface area contributed by atoms with Gasteiger partial charge in [0, 0.05) is 38.4 Å². The van der Waals surface area contributed by atoms with E-state index in [4.69, 9.17) is 4.52 Å². The molecule has 3 heterocycles. The molecule has 2 aromatic heterocycles. The van der Waals surface area contributed by atoms with Gasteiger partial charge < -0.3 is 9.42 Å². The van der Waals surface area contributed by atoms with Gasteiger partial charge in [-0.05, 0) is 50.6 Å². The Balaban J connectivity index is 1.49. The lowest BCUT2D eigenvalue weighted by molar-refractivity contribution is 0.110. The number of likely N-dealkylation sites (N-methyl/N-ethyl adjacent to an activating group) is 1. The van der Waals surface area contributed by atoms with E-state index in [9.17, 15) is 0 Å². The summed E-state index contributed by atoms with van der Waals surface area (Å²) >= 11 is 0. The molecule has 0 amide bonds. The summed E-state index contributed by atoms with van der Waals surface area (Å²) in [6.07, 6.45) is 7.28. The van der Waals surface area contributed by atoms with Crippen molar-refractivity contribution in [1.29, 1.82) is 0 Å². The Bertz CT molecular complexity index is 600. The standard InChI is InChI=1S/C17H25N5O/c1-14-19-17(20-23-14)13-22-10-3-4-16(12-22)21(2)11-7-15-5-8-18-9-6-15/h5-6,8-9,16H,3-4,7,10-13H2,1-2H3. The van der Waals surface area contributed by atoms with Crippen LogP contribution in [0.4, 0.5) is 0 Å². The van der Waals surface area contributed by atoms with E-state index >= 15 is 0 Å². The Kier molecular flexibility index (Phi) is 5.35. The van der Waals surface area contributed by atoms with Gasteiger partial charge in [0.05, 0.1) is 6.54 Å². The Labute approximate surface area is 137 Å². The van der Waals surface area contributed by atoms with Gasteiger partial charge in [-0.25, -0.2) is 0 Å². The number of hydrogen-bond acceptors (Lipinski definition) is 6. The molecule has 0 saturated carbocycles. The van der Waals surface area contributed by atoms with Crippen LogP contribution in [0.2, 0.25) is 0 Å². The van der Waals surface area contributed by atoms with Crippen LogP contribution in [0.25, 0.3) is 0 Å². The van der Waals surface area contributed by atoms with Crippen molar-refractivity contribution in [2.45, 2.75) is 38.8 Å². The molecule has 0 spiro atoms. The molecule has 6 heteroatoms. The molecule has 0 bridgehead atoms. The fourth-order valence-corrected chi connectivity index (χ4v) is 3.18. The summed E-state index contributed by atoms with van der Waals surface area (Å²) in [5.41, 5.74) is 1.35. The maximum atomic E-state index is 5.06. The molecular weight excluding hydrogens is 290 g/mol. The average Bonchev–Trinajstić information content (AvgIpc) is 2.99. The van der Waals surface area contributed by atoms with Crippen LogP contribution in [0.1, 0.15) is 30.1 Å². The number of pyridine rings is 1. The monoisotopic (exact) mass is 315 g/mol. The number of piperidine rings is 1. The van der Waals surface area contributed by atoms with E-state index in [0.29, 0.717) is 11.9 Å². The first-order chi connectivity index (χ1) is 11.2. The van der Waals surface area contributed by atoms with Gasteiger partial charge in [0.1, 0.15) is 0 Å². The lowest BCUT2D eigenvalue weighted by atomic mass is 10.0. The Hall–Kier alpha value is -1.79. The first kappa shape index (κ1) is 16.1. The Morgan fingerprint density at radius 1 is 1.35 bits per heavy atom. The van der Waals surface area contributed by atoms with Crippen LogP contribution in [-0.2, 0) is 13.0 Å². The van der Waals surface area contributed by atoms with Gasteiger partial charge in [0.25, 0.3) is 0 Å². The second-order valence-electron chi connectivity index (χ2n) is 6.35. The quantitative estimate of drug-likeness (QED) is 0.811. The van der Waals surface area contributed by atoms with Crippen molar-refractivity contribution in [3.63, 3.8) is 0 Å². The SMILES string of the molecule is Cc1nc(CN2CCCC(N(C)CCc3ccncc3)C2)no1. The zero-order valence-corrected chi connectivity index (χ0v) is 14.0. The smallest absolute Gasteiger partial charge is 0.223 e. The van der Waals surface area contributed by atoms with E-state index < -0.39 is 0 Å². The topological polar surface area (TPSA) is 58.3 Å². The molecule has 1 atom stereocenters. The predicted molar refractivity (Wildman–Crippen MR) is 87.9 cm³/mol. The summed E-state index contributed by atoms with van der Waals surface area (Å²) in [5, 5.41) is 4.01. The molecule has 1 saturated heterocycles. The van der Waals surface area contributed by atoms with Gasteiger partial charge in [-0.3, -0.25) is 9.88 Å². The number of likely N-dealkylation sites (tertiary alicyclic amines) is 1. The second kappa shape index (κ2) is 7.66. The maximum Gasteiger partial charge on any atom is 0.223 e. The van der Waals surface area contributed by atoms with Crippen LogP contribution in [0.15, 0.2) is 29.0 Å². The van der Waals surface area contributed by atoms with Gasteiger partial charge in [-0.15, -0.1) is 0 Å². The largest absolute Gasteiger partial charge is 0.340 e. The molecule has 2 aromatic rings. The van der Waals surface area contributed by atoms with E-state index in [-0.39, 0.29) is 0 Å². The zero-order chi connectivity index (χ0) is 16.1. The molecular formula is C17H25N5O. The van der Waals surface area contributed by atoms with Crippen molar-refractivity contribution in [3.8, 4) is 0 Å². The molecule has 0 radical (unpaired) electrons. The average molecular weight is 315 g/mol. The lowest BCUT2D eigenvalue weighted by Gasteiger charge is -2.37. The van der Waals surface area contributed by atoms with E-state index in [2.05, 4.69) is 44.1 Å². The number of hydrogen-bond donors (Lipinski definition) is 0. The highest BCUT2D eigenvalue weighted by atomic mass is 16.5. The maximum absolute atomic E-state index is 5.06. The highest BCUT2D eigenvalue weighted by Crippen LogP contribution is 2.17. The highest BCUT2D eigenvalue weighted by Gasteiger charge is 2.24. The van der Waals surface area contributed by atoms with Crippen LogP contribution in [-0.4, -0.2) is 57.6 Å². The summed E-state index contributed by atoms with van der Waals surface area (Å²) in [5.74, 6) is 1.44. The van der Waals surface area contributed by atoms with Gasteiger partial charge in [-0.2, -0.15) is 4.98 Å². The fraction of sp³-hybridized carbons (Fsp3) is 0.588. The van der Waals surface area contributed by atoms with Gasteiger partial charge >= 0.3 is 0 Å². The number of nitrogens with zero attached hydrogens (tertiary/aromatic N) is 5. The summed E-state index contributed by atoms with van der Waals surface area (Å²) in [7, 11) is 2.23. The van der Waals surface area contributed by atoms with Gasteiger partial charge in [0.2, 0.25) is 5.89 Å². The predicted octanol–water partition coefficient (Wildman–Crippen LogP) is 1.91. The molecule has 1 unspecified atom stereocenters. The summed E-state index contributed by atoms with van der Waals surface area (Å²) in [4.78, 5) is 13.3. The molecule has 1 fully saturated rings. The summed E-state index contributed by atoms with van der Waals surface area (Å²) < 4.78 is 5.06. The van der Waals surface area contributed by atoms with Crippen molar-refractivity contribution in [2.24, 2.45) is 0 Å². The summed E-state index contributed by atoms with van der Waals surface area (Å²) in [6.45, 7) is 5.88. The minimum Gasteiger partial charge on any atom is -0.340 e. The molecule has 1 aliphatic rings. The molecule has 3 rings (SSSR count). The normalized spacial score (nSPS) is 19.3. The van der Waals surface area contributed by atoms with Crippen LogP contribution in [0.3, 0.4) is 0 Å². The van der Waals surface area contributed by atoms with E-state index in [1.54, 1.807) is 0 Å². The third-order valence-corrected chi connectivity index (χ3v) is 4.54. The van der Waals surface area contributed by atoms with Crippen LogP contribution in [0.5, 0.6) is 0 Å². The lowest BCUT2D eigenvalue weighted by Crippen LogP contribution is -2.46. The number of aryl methyl sites for hydroxylation is 1. The second-order valence-corrected chi connectivity index (χ2v) is 6.35. The first-order valence-corrected chi connectivity index (χ1v) is 8.31. The van der Waals surface area contributed by atoms with Crippen LogP contribution in [0, 0.1) is 6.92 Å². The Morgan fingerprint density at radius 3 is 2.91 bits per heavy atom. The molecule has 6 nitrogen and oxygen atoms in total. The van der Waals surface area contributed by atoms with Crippen molar-refractivity contribution < 1.29 is 4.52 Å². The zero-order valence-electron chi connectivity index (χ0n) is 14.0. The molecule has 124 valence electrons. The van der Waals surface area contributed by atoms with E-state index in [0.717, 1.165) is 38.4 Å². The van der Waals surface area contributed by atoms with E-state index in [1.807, 2.05) is 19.3 Å². The first-order valence-electron chi connectivity index (χ1n) is 8.31. The molecule has 0 N–H and O–H groups in total. The highest BCUT2D eigenvalue weighted by molar-refractivity contribution is 5.10. The number of aromatic nitrogens is 3. The van der Waals surface area contributed by atoms with Crippen LogP contribution < -0.4 is 0 Å². The van der Waals surface area contributed by atoms with Crippen molar-refractivity contribution in [1.82, 2.24) is 24.9 Å². The van der Waals surface area contributed by atoms with Crippen molar-refractivity contribution in [3.05, 3.63) is 41.8 Å². The van der Waals surface area contributed by atoms with Crippen LogP contribution >= 0.6 is 0 Å². The third-order valence-electron chi connectivity index (χ3n) is 4.54. The molecule has 0 aliphatic carbocycles. The van der Waals surface area contributed by atoms with Gasteiger partial charge in [-0.1, -0.05) is 5.16 Å². The summed E-state index contributed by atoms with van der Waals surface area (Å²) in [6, 6.07) is 4.79. The van der Waals surface area contributed by atoms with Crippen molar-refractivity contribution in [2.75, 3.05) is 26.7 Å². The number of rotatable bonds is 6. The fourth-order valence-electron chi connectivity index (χ4n) is 3.18. The molecule has 0 aromatic carbocycles. The third kappa shape index (κ3) is 4.59. The minimum absolute atomic E-state index is 0.596. The van der Waals surface area contributed by atoms with Gasteiger partial charge in [0.15, 0.2) is 5.82 Å². The van der Waals surface area contributed by atoms with E-state index in [1.165, 1.54) is 18.4 Å².